The summed E-state index contributed by atoms with van der Waals surface area (Å²) in [6, 6.07) is 0. The fourth-order valence-corrected chi connectivity index (χ4v) is 14.8. The Morgan fingerprint density at radius 2 is 1.29 bits per heavy atom. The van der Waals surface area contributed by atoms with Crippen molar-refractivity contribution in [2.24, 2.45) is 28.6 Å². The molecule has 8 aliphatic rings. The molecule has 20 nitrogen and oxygen atoms in total. The van der Waals surface area contributed by atoms with Crippen LogP contribution in [-0.2, 0) is 71.2 Å². The van der Waals surface area contributed by atoms with Crippen molar-refractivity contribution in [3.05, 3.63) is 23.3 Å². The molecule has 0 bridgehead atoms. The maximum absolute atomic E-state index is 13.5. The van der Waals surface area contributed by atoms with E-state index in [0.717, 1.165) is 12.8 Å². The quantitative estimate of drug-likeness (QED) is 0.0834. The average molecular weight is 1070 g/mol. The van der Waals surface area contributed by atoms with Crippen LogP contribution in [0.1, 0.15) is 127 Å². The summed E-state index contributed by atoms with van der Waals surface area (Å²) in [4.78, 5) is 25.7. The van der Waals surface area contributed by atoms with Gasteiger partial charge in [-0.05, 0) is 104 Å². The first-order valence-electron chi connectivity index (χ1n) is 27.5. The highest BCUT2D eigenvalue weighted by molar-refractivity contribution is 5.87. The van der Waals surface area contributed by atoms with Gasteiger partial charge in [0, 0.05) is 64.4 Å². The molecular formula is C55H88O20. The van der Waals surface area contributed by atoms with Crippen molar-refractivity contribution in [3.63, 3.8) is 0 Å². The molecule has 1 unspecified atom stereocenters. The van der Waals surface area contributed by atoms with Crippen LogP contribution in [0.3, 0.4) is 0 Å². The summed E-state index contributed by atoms with van der Waals surface area (Å²) in [7, 11) is 4.79. The third-order valence-corrected chi connectivity index (χ3v) is 19.2. The van der Waals surface area contributed by atoms with Crippen LogP contribution in [0.15, 0.2) is 23.3 Å². The van der Waals surface area contributed by atoms with Gasteiger partial charge >= 0.3 is 11.9 Å². The lowest BCUT2D eigenvalue weighted by molar-refractivity contribution is -0.357. The molecule has 0 aromatic rings. The number of aliphatic hydroxyl groups excluding tert-OH is 4. The molecule has 4 aliphatic heterocycles. The molecule has 4 heterocycles. The van der Waals surface area contributed by atoms with Crippen LogP contribution >= 0.6 is 0 Å². The van der Waals surface area contributed by atoms with Crippen LogP contribution in [0, 0.1) is 28.6 Å². The van der Waals surface area contributed by atoms with Crippen molar-refractivity contribution in [2.75, 3.05) is 27.9 Å². The Hall–Kier alpha value is -2.22. The van der Waals surface area contributed by atoms with E-state index in [1.165, 1.54) is 19.6 Å². The summed E-state index contributed by atoms with van der Waals surface area (Å²) in [5.74, 6) is -0.977. The van der Waals surface area contributed by atoms with Gasteiger partial charge in [-0.15, -0.1) is 0 Å². The first-order valence-corrected chi connectivity index (χ1v) is 27.5. The second-order valence-corrected chi connectivity index (χ2v) is 23.2. The molecule has 20 heteroatoms. The minimum Gasteiger partial charge on any atom is -0.463 e. The summed E-state index contributed by atoms with van der Waals surface area (Å²) in [5, 5.41) is 53.9. The van der Waals surface area contributed by atoms with Gasteiger partial charge in [-0.2, -0.15) is 0 Å². The highest BCUT2D eigenvalue weighted by atomic mass is 16.8. The number of hydrogen-bond acceptors (Lipinski definition) is 20. The zero-order valence-electron chi connectivity index (χ0n) is 46.1. The number of methoxy groups -OCH3 is 3. The zero-order valence-corrected chi connectivity index (χ0v) is 46.1. The molecule has 5 N–H and O–H groups in total. The second-order valence-electron chi connectivity index (χ2n) is 23.2. The molecule has 75 heavy (non-hydrogen) atoms. The normalized spacial score (nSPS) is 48.7. The molecule has 0 aromatic carbocycles. The third kappa shape index (κ3) is 11.3. The number of rotatable bonds is 16. The summed E-state index contributed by atoms with van der Waals surface area (Å²) in [5.41, 5.74) is -0.433. The SMILES string of the molecule is C/C=C(\C)C(=O)O[C@@H]1C[C@H]2[C@@H](CC=C3C[C@@H](O[C@H]4C[C@H](OC)[C@H](O[C@H]5C[C@H](OC)[C@H](O[C@H]6C[C@@H](OC)[C@H](O[C@@H]7O[C@H](CO)[C@@H](O)[C@H](O)[C@H]7O)[C@@H](C)O6)[C@@H](C)O5)[C@@H](C)O4)CC[C@@]32C)[C@@]2(O)CC[C@H](C(C)OC(C)=O)[C@@]12C. The molecule has 0 spiro atoms. The Balaban J connectivity index is 0.865. The topological polar surface area (TPSA) is 255 Å². The Bertz CT molecular complexity index is 2020. The molecule has 3 saturated carbocycles. The van der Waals surface area contributed by atoms with Crippen LogP contribution in [0.2, 0.25) is 0 Å². The van der Waals surface area contributed by atoms with Gasteiger partial charge in [0.05, 0.1) is 54.9 Å². The first kappa shape index (κ1) is 58.9. The van der Waals surface area contributed by atoms with E-state index in [2.05, 4.69) is 19.9 Å². The number of ether oxygens (including phenoxy) is 13. The van der Waals surface area contributed by atoms with E-state index in [4.69, 9.17) is 61.6 Å². The standard InChI is InChI=1S/C55H88O20/c1-13-26(2)51(61)72-41-21-36-35(55(62)19-17-34(54(41,55)9)27(3)66-31(7)57)15-14-32-20-33(16-18-53(32,36)8)70-42-22-37(63-10)48(28(4)67-42)73-43-23-38(64-11)49(29(5)68-43)74-44-24-39(65-12)50(30(6)69-44)75-52-47(60)46(59)45(58)40(25-56)71-52/h13-14,27-30,33-50,52,56,58-60,62H,15-25H2,1-12H3/b26-13+/t27?,28-,29-,30-,33+,34-,35-,36+,37+,38+,39-,40-,41-,42+,43+,44+,45-,46+,47-,48-,49-,50-,52+,53+,54+,55+/m1/s1. The predicted molar refractivity (Wildman–Crippen MR) is 265 cm³/mol. The maximum Gasteiger partial charge on any atom is 0.333 e. The molecule has 428 valence electrons. The lowest BCUT2D eigenvalue weighted by Crippen LogP contribution is -2.67. The van der Waals surface area contributed by atoms with E-state index in [9.17, 15) is 35.1 Å². The molecule has 7 fully saturated rings. The number of aliphatic hydroxyl groups is 5. The van der Waals surface area contributed by atoms with Crippen molar-refractivity contribution in [1.82, 2.24) is 0 Å². The van der Waals surface area contributed by atoms with E-state index in [-0.39, 0.29) is 47.8 Å². The summed E-state index contributed by atoms with van der Waals surface area (Å²) >= 11 is 0. The Labute approximate surface area is 442 Å². The summed E-state index contributed by atoms with van der Waals surface area (Å²) in [6.07, 6.45) is -5.23. The van der Waals surface area contributed by atoms with Crippen molar-refractivity contribution in [2.45, 2.75) is 255 Å². The number of fused-ring (bicyclic) bond motifs is 5. The molecule has 0 radical (unpaired) electrons. The van der Waals surface area contributed by atoms with Gasteiger partial charge in [0.15, 0.2) is 25.2 Å². The summed E-state index contributed by atoms with van der Waals surface area (Å²) < 4.78 is 81.1. The number of hydrogen-bond donors (Lipinski definition) is 5. The van der Waals surface area contributed by atoms with Crippen LogP contribution in [0.5, 0.6) is 0 Å². The van der Waals surface area contributed by atoms with Gasteiger partial charge in [-0.3, -0.25) is 4.79 Å². The van der Waals surface area contributed by atoms with Crippen LogP contribution in [0.25, 0.3) is 0 Å². The lowest BCUT2D eigenvalue weighted by Gasteiger charge is -2.63. The molecule has 4 saturated heterocycles. The van der Waals surface area contributed by atoms with Gasteiger partial charge in [0.2, 0.25) is 0 Å². The minimum atomic E-state index is -1.59. The van der Waals surface area contributed by atoms with Gasteiger partial charge in [0.1, 0.15) is 54.9 Å². The summed E-state index contributed by atoms with van der Waals surface area (Å²) in [6.45, 7) is 16.2. The van der Waals surface area contributed by atoms with E-state index in [0.29, 0.717) is 50.5 Å². The average Bonchev–Trinajstić information content (AvgIpc) is 3.78. The van der Waals surface area contributed by atoms with Crippen molar-refractivity contribution < 1.29 is 96.7 Å². The Kier molecular flexibility index (Phi) is 18.7. The monoisotopic (exact) mass is 1070 g/mol. The minimum absolute atomic E-state index is 0.0463. The smallest absolute Gasteiger partial charge is 0.333 e. The predicted octanol–water partition coefficient (Wildman–Crippen LogP) is 3.91. The zero-order chi connectivity index (χ0) is 54.5. The number of esters is 2. The maximum atomic E-state index is 13.5. The van der Waals surface area contributed by atoms with Gasteiger partial charge in [0.25, 0.3) is 0 Å². The lowest BCUT2D eigenvalue weighted by atomic mass is 9.44. The van der Waals surface area contributed by atoms with Crippen molar-refractivity contribution >= 4 is 11.9 Å². The Morgan fingerprint density at radius 1 is 0.747 bits per heavy atom. The second kappa shape index (κ2) is 23.9. The third-order valence-electron chi connectivity index (χ3n) is 19.2. The fourth-order valence-electron chi connectivity index (χ4n) is 14.8. The van der Waals surface area contributed by atoms with Gasteiger partial charge < -0.3 is 87.1 Å². The van der Waals surface area contributed by atoms with E-state index in [1.807, 2.05) is 27.7 Å². The molecule has 4 aliphatic carbocycles. The highest BCUT2D eigenvalue weighted by Crippen LogP contribution is 2.69. The molecule has 0 aromatic heterocycles. The molecular weight excluding hydrogens is 981 g/mol. The number of carbonyl (C=O) groups excluding carboxylic acids is 2. The fraction of sp³-hybridized carbons (Fsp3) is 0.891. The number of allylic oxidation sites excluding steroid dienone is 2. The van der Waals surface area contributed by atoms with Crippen LogP contribution in [-0.4, -0.2) is 194 Å². The largest absolute Gasteiger partial charge is 0.463 e. The van der Waals surface area contributed by atoms with Crippen molar-refractivity contribution in [1.29, 1.82) is 0 Å². The van der Waals surface area contributed by atoms with Crippen LogP contribution < -0.4 is 0 Å². The van der Waals surface area contributed by atoms with E-state index in [1.54, 1.807) is 34.1 Å². The number of carbonyl (C=O) groups is 2. The molecule has 26 atom stereocenters. The Morgan fingerprint density at radius 3 is 1.81 bits per heavy atom. The van der Waals surface area contributed by atoms with Gasteiger partial charge in [-0.25, -0.2) is 4.79 Å². The van der Waals surface area contributed by atoms with Crippen molar-refractivity contribution in [3.8, 4) is 0 Å². The first-order chi connectivity index (χ1) is 35.5. The van der Waals surface area contributed by atoms with Crippen LogP contribution in [0.4, 0.5) is 0 Å². The van der Waals surface area contributed by atoms with Gasteiger partial charge in [-0.1, -0.05) is 31.6 Å². The molecule has 0 amide bonds. The van der Waals surface area contributed by atoms with E-state index >= 15 is 0 Å². The molecule has 8 rings (SSSR count). The highest BCUT2D eigenvalue weighted by Gasteiger charge is 2.72. The van der Waals surface area contributed by atoms with E-state index < -0.39 is 134 Å².